The van der Waals surface area contributed by atoms with Gasteiger partial charge in [0.15, 0.2) is 0 Å². The number of anilines is 1. The summed E-state index contributed by atoms with van der Waals surface area (Å²) in [6.07, 6.45) is 9.95. The number of fused-ring (bicyclic) bond motifs is 1. The van der Waals surface area contributed by atoms with Gasteiger partial charge in [-0.15, -0.1) is 0 Å². The van der Waals surface area contributed by atoms with E-state index in [9.17, 15) is 4.79 Å². The Kier molecular flexibility index (Phi) is 4.34. The molecule has 0 saturated heterocycles. The van der Waals surface area contributed by atoms with Crippen LogP contribution in [0.15, 0.2) is 36.7 Å². The van der Waals surface area contributed by atoms with Crippen LogP contribution in [0.5, 0.6) is 0 Å². The highest BCUT2D eigenvalue weighted by Gasteiger charge is 2.14. The molecular formula is C17H21N3O. The summed E-state index contributed by atoms with van der Waals surface area (Å²) in [5, 5.41) is 7.99. The molecule has 0 bridgehead atoms. The van der Waals surface area contributed by atoms with Crippen molar-refractivity contribution in [1.82, 2.24) is 10.3 Å². The number of amides is 2. The molecule has 1 aromatic carbocycles. The van der Waals surface area contributed by atoms with E-state index >= 15 is 0 Å². The fourth-order valence-corrected chi connectivity index (χ4v) is 3.03. The van der Waals surface area contributed by atoms with Crippen molar-refractivity contribution < 1.29 is 4.79 Å². The minimum absolute atomic E-state index is 0.120. The SMILES string of the molecule is O=C(NCC1CCCCC1)Nc1cccc2cnccc12. The number of nitrogens with one attached hydrogen (secondary N) is 2. The van der Waals surface area contributed by atoms with Crippen molar-refractivity contribution >= 4 is 22.5 Å². The van der Waals surface area contributed by atoms with E-state index in [1.165, 1.54) is 32.1 Å². The normalized spacial score (nSPS) is 15.8. The predicted octanol–water partition coefficient (Wildman–Crippen LogP) is 3.94. The first kappa shape index (κ1) is 13.9. The highest BCUT2D eigenvalue weighted by Crippen LogP contribution is 2.23. The van der Waals surface area contributed by atoms with Gasteiger partial charge in [0.2, 0.25) is 0 Å². The van der Waals surface area contributed by atoms with Gasteiger partial charge in [0.25, 0.3) is 0 Å². The summed E-state index contributed by atoms with van der Waals surface area (Å²) in [5.41, 5.74) is 0.830. The van der Waals surface area contributed by atoms with Crippen LogP contribution in [0.4, 0.5) is 10.5 Å². The number of pyridine rings is 1. The Bertz CT molecular complexity index is 615. The molecule has 1 aliphatic rings. The van der Waals surface area contributed by atoms with Crippen LogP contribution in [0.25, 0.3) is 10.8 Å². The quantitative estimate of drug-likeness (QED) is 0.896. The fraction of sp³-hybridized carbons (Fsp3) is 0.412. The third-order valence-corrected chi connectivity index (χ3v) is 4.20. The number of aromatic nitrogens is 1. The van der Waals surface area contributed by atoms with Crippen molar-refractivity contribution in [2.45, 2.75) is 32.1 Å². The number of hydrogen-bond acceptors (Lipinski definition) is 2. The third kappa shape index (κ3) is 3.51. The zero-order valence-electron chi connectivity index (χ0n) is 12.1. The highest BCUT2D eigenvalue weighted by atomic mass is 16.2. The molecule has 3 rings (SSSR count). The van der Waals surface area contributed by atoms with E-state index in [0.717, 1.165) is 23.0 Å². The number of carbonyl (C=O) groups is 1. The Balaban J connectivity index is 1.61. The maximum atomic E-state index is 12.1. The summed E-state index contributed by atoms with van der Waals surface area (Å²) in [4.78, 5) is 16.2. The molecule has 1 fully saturated rings. The van der Waals surface area contributed by atoms with Gasteiger partial charge >= 0.3 is 6.03 Å². The van der Waals surface area contributed by atoms with Crippen molar-refractivity contribution in [2.75, 3.05) is 11.9 Å². The van der Waals surface area contributed by atoms with Gasteiger partial charge in [-0.1, -0.05) is 31.4 Å². The molecule has 2 amide bonds. The van der Waals surface area contributed by atoms with Gasteiger partial charge in [0.1, 0.15) is 0 Å². The van der Waals surface area contributed by atoms with Gasteiger partial charge in [0, 0.05) is 29.7 Å². The molecule has 1 heterocycles. The molecule has 0 spiro atoms. The molecule has 1 aliphatic carbocycles. The van der Waals surface area contributed by atoms with E-state index in [4.69, 9.17) is 0 Å². The molecule has 110 valence electrons. The highest BCUT2D eigenvalue weighted by molar-refractivity contribution is 6.01. The van der Waals surface area contributed by atoms with Gasteiger partial charge in [-0.2, -0.15) is 0 Å². The Morgan fingerprint density at radius 2 is 2.05 bits per heavy atom. The first-order valence-electron chi connectivity index (χ1n) is 7.70. The topological polar surface area (TPSA) is 54.0 Å². The molecule has 0 aliphatic heterocycles. The van der Waals surface area contributed by atoms with Gasteiger partial charge in [-0.3, -0.25) is 4.98 Å². The average Bonchev–Trinajstić information content (AvgIpc) is 2.54. The van der Waals surface area contributed by atoms with Crippen LogP contribution in [-0.4, -0.2) is 17.6 Å². The Morgan fingerprint density at radius 3 is 2.90 bits per heavy atom. The molecule has 1 saturated carbocycles. The van der Waals surface area contributed by atoms with Crippen LogP contribution in [-0.2, 0) is 0 Å². The lowest BCUT2D eigenvalue weighted by atomic mass is 9.89. The number of rotatable bonds is 3. The average molecular weight is 283 g/mol. The molecule has 1 aromatic heterocycles. The monoisotopic (exact) mass is 283 g/mol. The zero-order chi connectivity index (χ0) is 14.5. The number of hydrogen-bond donors (Lipinski definition) is 2. The van der Waals surface area contributed by atoms with E-state index in [1.807, 2.05) is 24.3 Å². The molecule has 2 N–H and O–H groups in total. The van der Waals surface area contributed by atoms with Crippen molar-refractivity contribution in [1.29, 1.82) is 0 Å². The fourth-order valence-electron chi connectivity index (χ4n) is 3.03. The van der Waals surface area contributed by atoms with Crippen LogP contribution >= 0.6 is 0 Å². The summed E-state index contributed by atoms with van der Waals surface area (Å²) in [7, 11) is 0. The van der Waals surface area contributed by atoms with E-state index in [0.29, 0.717) is 5.92 Å². The largest absolute Gasteiger partial charge is 0.338 e. The summed E-state index contributed by atoms with van der Waals surface area (Å²) in [6.45, 7) is 0.776. The zero-order valence-corrected chi connectivity index (χ0v) is 12.1. The second-order valence-electron chi connectivity index (χ2n) is 5.74. The minimum atomic E-state index is -0.120. The summed E-state index contributed by atoms with van der Waals surface area (Å²) < 4.78 is 0. The van der Waals surface area contributed by atoms with Crippen LogP contribution in [0.1, 0.15) is 32.1 Å². The number of urea groups is 1. The van der Waals surface area contributed by atoms with Crippen molar-refractivity contribution in [2.24, 2.45) is 5.92 Å². The standard InChI is InChI=1S/C17H21N3O/c21-17(19-11-13-5-2-1-3-6-13)20-16-8-4-7-14-12-18-10-9-15(14)16/h4,7-10,12-13H,1-3,5-6,11H2,(H2,19,20,21). The summed E-state index contributed by atoms with van der Waals surface area (Å²) in [6, 6.07) is 7.65. The lowest BCUT2D eigenvalue weighted by Gasteiger charge is -2.21. The van der Waals surface area contributed by atoms with Crippen LogP contribution in [0, 0.1) is 5.92 Å². The summed E-state index contributed by atoms with van der Waals surface area (Å²) >= 11 is 0. The van der Waals surface area contributed by atoms with Gasteiger partial charge in [-0.05, 0) is 30.9 Å². The van der Waals surface area contributed by atoms with Crippen molar-refractivity contribution in [3.8, 4) is 0 Å². The van der Waals surface area contributed by atoms with E-state index < -0.39 is 0 Å². The Hall–Kier alpha value is -2.10. The third-order valence-electron chi connectivity index (χ3n) is 4.20. The first-order chi connectivity index (χ1) is 10.3. The number of carbonyl (C=O) groups excluding carboxylic acids is 1. The van der Waals surface area contributed by atoms with E-state index in [-0.39, 0.29) is 6.03 Å². The molecule has 0 radical (unpaired) electrons. The second kappa shape index (κ2) is 6.57. The molecular weight excluding hydrogens is 262 g/mol. The van der Waals surface area contributed by atoms with E-state index in [2.05, 4.69) is 15.6 Å². The molecule has 2 aromatic rings. The molecule has 4 heteroatoms. The van der Waals surface area contributed by atoms with Gasteiger partial charge in [-0.25, -0.2) is 4.79 Å². The smallest absolute Gasteiger partial charge is 0.319 e. The minimum Gasteiger partial charge on any atom is -0.338 e. The Labute approximate surface area is 125 Å². The number of nitrogens with zero attached hydrogens (tertiary/aromatic N) is 1. The van der Waals surface area contributed by atoms with Crippen molar-refractivity contribution in [3.63, 3.8) is 0 Å². The first-order valence-corrected chi connectivity index (χ1v) is 7.70. The van der Waals surface area contributed by atoms with Crippen LogP contribution in [0.3, 0.4) is 0 Å². The van der Waals surface area contributed by atoms with Gasteiger partial charge in [0.05, 0.1) is 5.69 Å². The molecule has 4 nitrogen and oxygen atoms in total. The lowest BCUT2D eigenvalue weighted by molar-refractivity contribution is 0.247. The van der Waals surface area contributed by atoms with Crippen LogP contribution < -0.4 is 10.6 Å². The molecule has 0 unspecified atom stereocenters. The summed E-state index contributed by atoms with van der Waals surface area (Å²) in [5.74, 6) is 0.640. The predicted molar refractivity (Wildman–Crippen MR) is 85.3 cm³/mol. The maximum absolute atomic E-state index is 12.1. The van der Waals surface area contributed by atoms with Gasteiger partial charge < -0.3 is 10.6 Å². The Morgan fingerprint density at radius 1 is 1.19 bits per heavy atom. The maximum Gasteiger partial charge on any atom is 0.319 e. The van der Waals surface area contributed by atoms with Crippen LogP contribution in [0.2, 0.25) is 0 Å². The van der Waals surface area contributed by atoms with Crippen molar-refractivity contribution in [3.05, 3.63) is 36.7 Å². The molecule has 0 atom stereocenters. The lowest BCUT2D eigenvalue weighted by Crippen LogP contribution is -2.33. The molecule has 21 heavy (non-hydrogen) atoms. The second-order valence-corrected chi connectivity index (χ2v) is 5.74. The van der Waals surface area contributed by atoms with E-state index in [1.54, 1.807) is 12.4 Å². The number of benzene rings is 1.